The van der Waals surface area contributed by atoms with E-state index >= 15 is 0 Å². The van der Waals surface area contributed by atoms with Gasteiger partial charge in [0.15, 0.2) is 0 Å². The highest BCUT2D eigenvalue weighted by Crippen LogP contribution is 2.23. The van der Waals surface area contributed by atoms with E-state index in [2.05, 4.69) is 56.4 Å². The van der Waals surface area contributed by atoms with Crippen LogP contribution < -0.4 is 10.2 Å². The Morgan fingerprint density at radius 2 is 2.05 bits per heavy atom. The van der Waals surface area contributed by atoms with Crippen LogP contribution in [0.3, 0.4) is 0 Å². The van der Waals surface area contributed by atoms with Gasteiger partial charge < -0.3 is 10.2 Å². The lowest BCUT2D eigenvalue weighted by Gasteiger charge is -2.27. The van der Waals surface area contributed by atoms with Gasteiger partial charge in [-0.25, -0.2) is 4.98 Å². The van der Waals surface area contributed by atoms with Gasteiger partial charge in [-0.05, 0) is 49.6 Å². The predicted molar refractivity (Wildman–Crippen MR) is 94.4 cm³/mol. The molecule has 1 aromatic heterocycles. The van der Waals surface area contributed by atoms with Crippen LogP contribution in [0, 0.1) is 0 Å². The fourth-order valence-electron chi connectivity index (χ4n) is 2.30. The summed E-state index contributed by atoms with van der Waals surface area (Å²) in [4.78, 5) is 7.18. The molecule has 0 bridgehead atoms. The minimum Gasteiger partial charge on any atom is -0.356 e. The van der Waals surface area contributed by atoms with E-state index in [0.29, 0.717) is 12.0 Å². The zero-order valence-electron chi connectivity index (χ0n) is 14.0. The Morgan fingerprint density at radius 1 is 1.33 bits per heavy atom. The molecule has 0 amide bonds. The van der Waals surface area contributed by atoms with E-state index in [9.17, 15) is 0 Å². The number of hydrogen-bond donors (Lipinski definition) is 1. The van der Waals surface area contributed by atoms with Crippen LogP contribution in [0.5, 0.6) is 0 Å². The Kier molecular flexibility index (Phi) is 5.94. The summed E-state index contributed by atoms with van der Waals surface area (Å²) >= 11 is 1.89. The number of rotatable bonds is 8. The smallest absolute Gasteiger partial charge is 0.129 e. The molecule has 1 atom stereocenters. The van der Waals surface area contributed by atoms with Gasteiger partial charge in [0.1, 0.15) is 5.82 Å². The minimum absolute atomic E-state index is 0.467. The van der Waals surface area contributed by atoms with Gasteiger partial charge in [-0.3, -0.25) is 0 Å². The summed E-state index contributed by atoms with van der Waals surface area (Å²) in [6.07, 6.45) is 4.83. The molecular weight excluding hydrogens is 278 g/mol. The van der Waals surface area contributed by atoms with Crippen molar-refractivity contribution in [3.05, 3.63) is 23.4 Å². The van der Waals surface area contributed by atoms with Crippen molar-refractivity contribution in [3.63, 3.8) is 0 Å². The minimum atomic E-state index is 0.467. The summed E-state index contributed by atoms with van der Waals surface area (Å²) in [7, 11) is 2.16. The van der Waals surface area contributed by atoms with Gasteiger partial charge in [-0.2, -0.15) is 11.8 Å². The highest BCUT2D eigenvalue weighted by atomic mass is 32.2. The maximum atomic E-state index is 4.87. The molecule has 0 aromatic carbocycles. The third-order valence-electron chi connectivity index (χ3n) is 4.09. The Morgan fingerprint density at radius 3 is 2.62 bits per heavy atom. The molecule has 1 heterocycles. The fourth-order valence-corrected chi connectivity index (χ4v) is 3.01. The van der Waals surface area contributed by atoms with E-state index in [-0.39, 0.29) is 0 Å². The molecule has 1 aliphatic rings. The van der Waals surface area contributed by atoms with Crippen LogP contribution >= 0.6 is 11.8 Å². The molecule has 4 heteroatoms. The van der Waals surface area contributed by atoms with Gasteiger partial charge in [-0.1, -0.05) is 13.8 Å². The quantitative estimate of drug-likeness (QED) is 0.793. The third kappa shape index (κ3) is 4.89. The highest BCUT2D eigenvalue weighted by Gasteiger charge is 2.20. The zero-order chi connectivity index (χ0) is 15.4. The molecule has 0 spiro atoms. The van der Waals surface area contributed by atoms with Crippen molar-refractivity contribution < 1.29 is 0 Å². The topological polar surface area (TPSA) is 28.2 Å². The Bertz CT molecular complexity index is 457. The first-order valence-corrected chi connectivity index (χ1v) is 9.36. The van der Waals surface area contributed by atoms with E-state index < -0.39 is 0 Å². The maximum Gasteiger partial charge on any atom is 0.129 e. The van der Waals surface area contributed by atoms with Crippen molar-refractivity contribution in [1.29, 1.82) is 0 Å². The molecule has 3 nitrogen and oxygen atoms in total. The third-order valence-corrected chi connectivity index (χ3v) is 4.90. The average Bonchev–Trinajstić information content (AvgIpc) is 3.28. The summed E-state index contributed by atoms with van der Waals surface area (Å²) in [6, 6.07) is 5.76. The molecule has 0 aliphatic heterocycles. The number of anilines is 1. The van der Waals surface area contributed by atoms with Crippen molar-refractivity contribution >= 4 is 17.6 Å². The second kappa shape index (κ2) is 7.50. The molecule has 0 radical (unpaired) electrons. The summed E-state index contributed by atoms with van der Waals surface area (Å²) in [5.74, 6) is 2.70. The molecule has 1 unspecified atom stereocenters. The molecule has 1 fully saturated rings. The standard InChI is InChI=1S/C17H29N3S/c1-12(2)16-8-14(10-18-15-6-7-15)9-17(19-16)20(4)13(3)11-21-5/h8-9,12-13,15,18H,6-7,10-11H2,1-5H3. The second-order valence-electron chi connectivity index (χ2n) is 6.48. The molecule has 0 saturated heterocycles. The largest absolute Gasteiger partial charge is 0.356 e. The van der Waals surface area contributed by atoms with Gasteiger partial charge in [0.2, 0.25) is 0 Å². The maximum absolute atomic E-state index is 4.87. The summed E-state index contributed by atoms with van der Waals surface area (Å²) in [6.45, 7) is 7.66. The number of hydrogen-bond acceptors (Lipinski definition) is 4. The van der Waals surface area contributed by atoms with E-state index in [4.69, 9.17) is 4.98 Å². The van der Waals surface area contributed by atoms with Crippen LogP contribution in [-0.4, -0.2) is 36.1 Å². The molecule has 21 heavy (non-hydrogen) atoms. The predicted octanol–water partition coefficient (Wildman–Crippen LogP) is 3.64. The van der Waals surface area contributed by atoms with Crippen molar-refractivity contribution in [2.45, 2.75) is 58.2 Å². The van der Waals surface area contributed by atoms with Crippen molar-refractivity contribution in [3.8, 4) is 0 Å². The van der Waals surface area contributed by atoms with Crippen LogP contribution in [-0.2, 0) is 6.54 Å². The molecule has 2 rings (SSSR count). The second-order valence-corrected chi connectivity index (χ2v) is 7.39. The number of nitrogens with one attached hydrogen (secondary N) is 1. The van der Waals surface area contributed by atoms with Crippen LogP contribution in [0.1, 0.15) is 50.8 Å². The van der Waals surface area contributed by atoms with Crippen molar-refractivity contribution in [2.75, 3.05) is 24.0 Å². The molecular formula is C17H29N3S. The molecule has 1 saturated carbocycles. The van der Waals surface area contributed by atoms with Gasteiger partial charge in [0.05, 0.1) is 0 Å². The van der Waals surface area contributed by atoms with Gasteiger partial charge in [0, 0.05) is 37.1 Å². The SMILES string of the molecule is CSCC(C)N(C)c1cc(CNC2CC2)cc(C(C)C)n1. The van der Waals surface area contributed by atoms with E-state index in [1.54, 1.807) is 0 Å². The highest BCUT2D eigenvalue weighted by molar-refractivity contribution is 7.98. The lowest BCUT2D eigenvalue weighted by Crippen LogP contribution is -2.32. The monoisotopic (exact) mass is 307 g/mol. The summed E-state index contributed by atoms with van der Waals surface area (Å²) in [5, 5.41) is 3.61. The average molecular weight is 308 g/mol. The van der Waals surface area contributed by atoms with Gasteiger partial charge in [-0.15, -0.1) is 0 Å². The van der Waals surface area contributed by atoms with Gasteiger partial charge >= 0.3 is 0 Å². The molecule has 1 aromatic rings. The van der Waals surface area contributed by atoms with Crippen molar-refractivity contribution in [1.82, 2.24) is 10.3 Å². The Balaban J connectivity index is 2.16. The first kappa shape index (κ1) is 16.6. The fraction of sp³-hybridized carbons (Fsp3) is 0.706. The number of aromatic nitrogens is 1. The lowest BCUT2D eigenvalue weighted by molar-refractivity contribution is 0.680. The van der Waals surface area contributed by atoms with Crippen molar-refractivity contribution in [2.24, 2.45) is 0 Å². The number of nitrogens with zero attached hydrogens (tertiary/aromatic N) is 2. The molecule has 118 valence electrons. The van der Waals surface area contributed by atoms with Crippen LogP contribution in [0.4, 0.5) is 5.82 Å². The summed E-state index contributed by atoms with van der Waals surface area (Å²) in [5.41, 5.74) is 2.56. The van der Waals surface area contributed by atoms with E-state index in [1.165, 1.54) is 24.1 Å². The number of thioether (sulfide) groups is 1. The van der Waals surface area contributed by atoms with Gasteiger partial charge in [0.25, 0.3) is 0 Å². The molecule has 1 aliphatic carbocycles. The summed E-state index contributed by atoms with van der Waals surface area (Å²) < 4.78 is 0. The van der Waals surface area contributed by atoms with Crippen LogP contribution in [0.25, 0.3) is 0 Å². The zero-order valence-corrected chi connectivity index (χ0v) is 14.8. The van der Waals surface area contributed by atoms with E-state index in [0.717, 1.165) is 24.2 Å². The lowest BCUT2D eigenvalue weighted by atomic mass is 10.1. The normalized spacial score (nSPS) is 16.3. The van der Waals surface area contributed by atoms with Crippen LogP contribution in [0.15, 0.2) is 12.1 Å². The van der Waals surface area contributed by atoms with E-state index in [1.807, 2.05) is 11.8 Å². The molecule has 1 N–H and O–H groups in total. The first-order chi connectivity index (χ1) is 10.0. The first-order valence-electron chi connectivity index (χ1n) is 7.97. The Labute approximate surface area is 133 Å². The number of pyridine rings is 1. The Hall–Kier alpha value is -0.740. The van der Waals surface area contributed by atoms with Crippen LogP contribution in [0.2, 0.25) is 0 Å².